The second-order valence-electron chi connectivity index (χ2n) is 19.6. The first-order valence-corrected chi connectivity index (χ1v) is 28.6. The van der Waals surface area contributed by atoms with Gasteiger partial charge in [0.25, 0.3) is 11.8 Å². The number of hydroxylamine groups is 3. The summed E-state index contributed by atoms with van der Waals surface area (Å²) in [6.45, 7) is 13.3. The van der Waals surface area contributed by atoms with E-state index in [1.165, 1.54) is 18.2 Å². The molecular formula is C53H60N4O15S3-2. The number of ether oxygens (including phenoxy) is 1. The van der Waals surface area contributed by atoms with Crippen molar-refractivity contribution in [3.63, 3.8) is 0 Å². The molecule has 0 aliphatic carbocycles. The van der Waals surface area contributed by atoms with Gasteiger partial charge in [-0.3, -0.25) is 9.59 Å². The highest BCUT2D eigenvalue weighted by Crippen LogP contribution is 2.54. The van der Waals surface area contributed by atoms with Gasteiger partial charge < -0.3 is 33.0 Å². The monoisotopic (exact) mass is 1090 g/mol. The van der Waals surface area contributed by atoms with Gasteiger partial charge in [-0.15, -0.1) is 5.06 Å². The summed E-state index contributed by atoms with van der Waals surface area (Å²) < 4.78 is 120. The number of nitrogens with zero attached hydrogens (tertiary/aromatic N) is 3. The van der Waals surface area contributed by atoms with Gasteiger partial charge in [-0.05, 0) is 122 Å². The van der Waals surface area contributed by atoms with Crippen molar-refractivity contribution in [1.29, 1.82) is 0 Å². The number of imide groups is 1. The van der Waals surface area contributed by atoms with Crippen molar-refractivity contribution >= 4 is 86.8 Å². The van der Waals surface area contributed by atoms with Crippen molar-refractivity contribution in [3.8, 4) is 0 Å². The number of hydrogen-bond donors (Lipinski definition) is 1. The third-order valence-corrected chi connectivity index (χ3v) is 16.6. The van der Waals surface area contributed by atoms with E-state index in [4.69, 9.17) is 14.4 Å². The van der Waals surface area contributed by atoms with Crippen LogP contribution in [-0.4, -0.2) is 106 Å². The van der Waals surface area contributed by atoms with Crippen molar-refractivity contribution in [2.24, 2.45) is 0 Å². The quantitative estimate of drug-likeness (QED) is 0.0146. The Labute approximate surface area is 437 Å². The van der Waals surface area contributed by atoms with Crippen LogP contribution in [0.25, 0.3) is 21.5 Å². The number of nitrogens with one attached hydrogen (secondary N) is 1. The smallest absolute Gasteiger partial charge is 0.333 e. The Balaban J connectivity index is 1.23. The predicted molar refractivity (Wildman–Crippen MR) is 276 cm³/mol. The molecule has 7 rings (SSSR count). The third-order valence-electron chi connectivity index (χ3n) is 14.1. The molecule has 0 radical (unpaired) electrons. The van der Waals surface area contributed by atoms with E-state index in [-0.39, 0.29) is 34.9 Å². The van der Waals surface area contributed by atoms with Crippen LogP contribution in [0, 0.1) is 6.92 Å². The second-order valence-corrected chi connectivity index (χ2v) is 23.7. The van der Waals surface area contributed by atoms with E-state index in [0.717, 1.165) is 41.3 Å². The molecule has 4 aromatic rings. The van der Waals surface area contributed by atoms with Crippen LogP contribution in [0.3, 0.4) is 0 Å². The number of fused-ring (bicyclic) bond motifs is 6. The number of anilines is 1. The number of hydrogen-bond acceptors (Lipinski definition) is 17. The van der Waals surface area contributed by atoms with Gasteiger partial charge in [-0.1, -0.05) is 43.7 Å². The van der Waals surface area contributed by atoms with E-state index >= 15 is 0 Å². The van der Waals surface area contributed by atoms with Gasteiger partial charge in [-0.2, -0.15) is 10.1 Å². The van der Waals surface area contributed by atoms with Crippen molar-refractivity contribution in [1.82, 2.24) is 10.5 Å². The molecular weight excluding hydrogens is 1030 g/mol. The standard InChI is InChI=1S/C53H62N4O15S3/c1-34-30-36(73(61,62)63)31-40-38(34)20-23-43-50(40)52(3,4)45(56(43)28-15-13-16-35(2)71-54-27-29-70-7)17-10-8-11-18-46-53(5,26-14-9-12-19-49(60)72-57-47(58)24-25-48(57)59)51-41-32-37(74(64,65)66)33-44(75(67,68)69)39(41)21-22-42(51)55(46)6/h8,10-11,17-18,20-23,30-33,54H,2,9,12-16,19,24-29H2,1,3-7H3,(H2-,61,62,63,64,65,66,67,68,69)/p-2. The van der Waals surface area contributed by atoms with E-state index in [0.29, 0.717) is 96.6 Å². The molecule has 1 atom stereocenters. The van der Waals surface area contributed by atoms with Crippen LogP contribution in [0.4, 0.5) is 11.4 Å². The number of aryl methyl sites for hydroxylation is 1. The fraction of sp³-hybridized carbons (Fsp3) is 0.396. The largest absolute Gasteiger partial charge is 0.744 e. The van der Waals surface area contributed by atoms with Crippen LogP contribution in [0.15, 0.2) is 112 Å². The van der Waals surface area contributed by atoms with Crippen LogP contribution in [0.2, 0.25) is 0 Å². The number of methoxy groups -OCH3 is 1. The minimum absolute atomic E-state index is 0.0454. The Morgan fingerprint density at radius 2 is 1.43 bits per heavy atom. The first-order chi connectivity index (χ1) is 35.2. The lowest BCUT2D eigenvalue weighted by Crippen LogP contribution is -2.31. The molecule has 0 saturated carbocycles. The Morgan fingerprint density at radius 1 is 0.787 bits per heavy atom. The van der Waals surface area contributed by atoms with Crippen LogP contribution in [0.5, 0.6) is 0 Å². The minimum atomic E-state index is -5.28. The van der Waals surface area contributed by atoms with Gasteiger partial charge in [-0.25, -0.2) is 30.0 Å². The maximum Gasteiger partial charge on any atom is 0.333 e. The fourth-order valence-electron chi connectivity index (χ4n) is 10.5. The Bertz CT molecular complexity index is 3460. The third kappa shape index (κ3) is 12.0. The summed E-state index contributed by atoms with van der Waals surface area (Å²) in [6, 6.07) is 11.5. The van der Waals surface area contributed by atoms with Crippen LogP contribution >= 0.6 is 0 Å². The summed E-state index contributed by atoms with van der Waals surface area (Å²) >= 11 is 0. The number of unbranched alkanes of at least 4 members (excludes halogenated alkanes) is 3. The highest BCUT2D eigenvalue weighted by atomic mass is 32.2. The number of allylic oxidation sites excluding steroid dienone is 7. The van der Waals surface area contributed by atoms with Crippen molar-refractivity contribution in [2.45, 2.75) is 117 Å². The summed E-state index contributed by atoms with van der Waals surface area (Å²) in [5, 5.41) is 1.97. The molecule has 1 fully saturated rings. The molecule has 0 spiro atoms. The fourth-order valence-corrected chi connectivity index (χ4v) is 12.4. The van der Waals surface area contributed by atoms with E-state index < -0.39 is 68.8 Å². The summed E-state index contributed by atoms with van der Waals surface area (Å²) in [6.07, 6.45) is 12.7. The van der Waals surface area contributed by atoms with Crippen molar-refractivity contribution < 1.29 is 72.3 Å². The van der Waals surface area contributed by atoms with Gasteiger partial charge in [0.1, 0.15) is 42.7 Å². The molecule has 3 aliphatic rings. The molecule has 75 heavy (non-hydrogen) atoms. The van der Waals surface area contributed by atoms with Crippen molar-refractivity contribution in [3.05, 3.63) is 114 Å². The zero-order chi connectivity index (χ0) is 54.8. The number of likely N-dealkylation sites (N-methyl/N-ethyl adjacent to an activating group) is 1. The Morgan fingerprint density at radius 3 is 2.08 bits per heavy atom. The molecule has 0 aromatic heterocycles. The summed E-state index contributed by atoms with van der Waals surface area (Å²) in [5.74, 6) is -1.38. The molecule has 19 nitrogen and oxygen atoms in total. The molecule has 2 amide bonds. The average Bonchev–Trinajstić information content (AvgIpc) is 3.85. The number of carbonyl (C=O) groups is 3. The molecule has 0 bridgehead atoms. The van der Waals surface area contributed by atoms with E-state index in [1.807, 2.05) is 68.2 Å². The van der Waals surface area contributed by atoms with Gasteiger partial charge >= 0.3 is 5.97 Å². The number of benzene rings is 4. The first kappa shape index (κ1) is 56.6. The Kier molecular flexibility index (Phi) is 16.8. The van der Waals surface area contributed by atoms with E-state index in [1.54, 1.807) is 27.1 Å². The maximum atomic E-state index is 12.6. The maximum absolute atomic E-state index is 12.6. The lowest BCUT2D eigenvalue weighted by Gasteiger charge is -2.30. The first-order valence-electron chi connectivity index (χ1n) is 24.3. The lowest BCUT2D eigenvalue weighted by atomic mass is 9.75. The minimum Gasteiger partial charge on any atom is -0.744 e. The predicted octanol–water partition coefficient (Wildman–Crippen LogP) is 7.20. The average molecular weight is 1090 g/mol. The Hall–Kier alpha value is -6.11. The van der Waals surface area contributed by atoms with Gasteiger partial charge in [0.05, 0.1) is 33.3 Å². The molecule has 1 unspecified atom stereocenters. The van der Waals surface area contributed by atoms with Crippen LogP contribution in [-0.2, 0) is 70.0 Å². The number of carbonyl (C=O) groups excluding carboxylic acids is 3. The molecule has 1 N–H and O–H groups in total. The zero-order valence-corrected chi connectivity index (χ0v) is 45.0. The highest BCUT2D eigenvalue weighted by Gasteiger charge is 2.46. The van der Waals surface area contributed by atoms with Crippen molar-refractivity contribution in [2.75, 3.05) is 38.8 Å². The number of amides is 2. The van der Waals surface area contributed by atoms with Gasteiger partial charge in [0, 0.05) is 80.8 Å². The van der Waals surface area contributed by atoms with Crippen LogP contribution < -0.4 is 10.4 Å². The molecule has 1 saturated heterocycles. The van der Waals surface area contributed by atoms with E-state index in [2.05, 4.69) is 16.6 Å². The zero-order valence-electron chi connectivity index (χ0n) is 42.6. The molecule has 4 aromatic carbocycles. The number of rotatable bonds is 23. The lowest BCUT2D eigenvalue weighted by molar-refractivity contribution is -0.438. The second kappa shape index (κ2) is 22.2. The summed E-state index contributed by atoms with van der Waals surface area (Å²) in [7, 11) is -11.9. The molecule has 402 valence electrons. The topological polar surface area (TPSA) is 272 Å². The van der Waals surface area contributed by atoms with E-state index in [9.17, 15) is 53.3 Å². The van der Waals surface area contributed by atoms with Gasteiger partial charge in [0.2, 0.25) is 5.69 Å². The molecule has 3 heterocycles. The normalized spacial score (nSPS) is 18.4. The summed E-state index contributed by atoms with van der Waals surface area (Å²) in [4.78, 5) is 47.0. The molecule has 3 aliphatic heterocycles. The van der Waals surface area contributed by atoms with Gasteiger partial charge in [0.15, 0.2) is 5.71 Å². The summed E-state index contributed by atoms with van der Waals surface area (Å²) in [5.41, 5.74) is 6.09. The van der Waals surface area contributed by atoms with Crippen LogP contribution in [0.1, 0.15) is 102 Å². The SMILES string of the molecule is C=C(CCCC[N+]1=C(/C=C/C=C/C=C2\N(C)c3ccc4c(S(=O)(=O)[O-])cc(S(=O)(=O)[O-])cc4c3C2(C)CCCCCC(=O)ON2C(=O)CCC2=O)C(C)(C)c2c1ccc1c(C)cc(S(=O)(=O)[O-])cc21)ONCCOC. The highest BCUT2D eigenvalue weighted by molar-refractivity contribution is 7.86. The molecule has 22 heteroatoms.